The molecule has 3 nitrogen and oxygen atoms in total. The van der Waals surface area contributed by atoms with Crippen molar-refractivity contribution in [2.45, 2.75) is 31.7 Å². The minimum atomic E-state index is -0.0532. The quantitative estimate of drug-likeness (QED) is 0.825. The molecule has 1 saturated heterocycles. The highest BCUT2D eigenvalue weighted by molar-refractivity contribution is 6.30. The fraction of sp³-hybridized carbons (Fsp3) is 0.500. The number of hydrogen-bond donors (Lipinski definition) is 0. The number of nitriles is 2. The molecule has 1 aromatic carbocycles. The van der Waals surface area contributed by atoms with Crippen molar-refractivity contribution in [2.24, 2.45) is 5.92 Å². The molecule has 1 fully saturated rings. The molecule has 0 aromatic heterocycles. The normalized spacial score (nSPS) is 20.2. The summed E-state index contributed by atoms with van der Waals surface area (Å²) in [6.45, 7) is 1.78. The van der Waals surface area contributed by atoms with Gasteiger partial charge in [0.1, 0.15) is 0 Å². The van der Waals surface area contributed by atoms with E-state index in [1.54, 1.807) is 0 Å². The molecular formula is C16H18ClN3. The van der Waals surface area contributed by atoms with Gasteiger partial charge in [-0.1, -0.05) is 23.7 Å². The molecule has 20 heavy (non-hydrogen) atoms. The predicted molar refractivity (Wildman–Crippen MR) is 79.0 cm³/mol. The van der Waals surface area contributed by atoms with Crippen LogP contribution in [-0.4, -0.2) is 18.0 Å². The summed E-state index contributed by atoms with van der Waals surface area (Å²) in [4.78, 5) is 2.37. The van der Waals surface area contributed by atoms with E-state index in [4.69, 9.17) is 16.9 Å². The van der Waals surface area contributed by atoms with Gasteiger partial charge in [0, 0.05) is 24.0 Å². The van der Waals surface area contributed by atoms with Gasteiger partial charge in [-0.05, 0) is 43.5 Å². The molecule has 1 aliphatic rings. The van der Waals surface area contributed by atoms with Gasteiger partial charge in [0.15, 0.2) is 0 Å². The number of hydrogen-bond acceptors (Lipinski definition) is 3. The fourth-order valence-electron chi connectivity index (χ4n) is 2.83. The molecule has 1 aromatic rings. The van der Waals surface area contributed by atoms with Gasteiger partial charge < -0.3 is 0 Å². The lowest BCUT2D eigenvalue weighted by molar-refractivity contribution is 0.231. The summed E-state index contributed by atoms with van der Waals surface area (Å²) in [5.74, 6) is -0.0532. The maximum Gasteiger partial charge on any atom is 0.0669 e. The summed E-state index contributed by atoms with van der Waals surface area (Å²) in [5, 5.41) is 18.6. The van der Waals surface area contributed by atoms with Crippen molar-refractivity contribution in [1.82, 2.24) is 4.90 Å². The summed E-state index contributed by atoms with van der Waals surface area (Å²) >= 11 is 5.93. The standard InChI is InChI=1S/C16H18ClN3/c17-15-7-5-14(6-8-15)16-4-2-10-20(16)12-13(11-19)3-1-9-18/h5-8,13,16H,1-4,10,12H2/t13-,16+/m1/s1. The zero-order valence-corrected chi connectivity index (χ0v) is 12.2. The molecule has 0 spiro atoms. The zero-order chi connectivity index (χ0) is 14.4. The Labute approximate surface area is 125 Å². The largest absolute Gasteiger partial charge is 0.295 e. The lowest BCUT2D eigenvalue weighted by atomic mass is 10.0. The fourth-order valence-corrected chi connectivity index (χ4v) is 2.95. The highest BCUT2D eigenvalue weighted by Gasteiger charge is 2.27. The first-order chi connectivity index (χ1) is 9.74. The summed E-state index contributed by atoms with van der Waals surface area (Å²) in [6, 6.07) is 12.8. The van der Waals surface area contributed by atoms with E-state index in [0.29, 0.717) is 18.9 Å². The van der Waals surface area contributed by atoms with Crippen LogP contribution in [0.25, 0.3) is 0 Å². The third kappa shape index (κ3) is 3.73. The second kappa shape index (κ2) is 7.29. The molecule has 0 N–H and O–H groups in total. The van der Waals surface area contributed by atoms with Crippen LogP contribution in [-0.2, 0) is 0 Å². The van der Waals surface area contributed by atoms with Crippen molar-refractivity contribution >= 4 is 11.6 Å². The molecule has 2 atom stereocenters. The van der Waals surface area contributed by atoms with Gasteiger partial charge in [-0.2, -0.15) is 10.5 Å². The Bertz CT molecular complexity index is 512. The van der Waals surface area contributed by atoms with Crippen LogP contribution >= 0.6 is 11.6 Å². The lowest BCUT2D eigenvalue weighted by Crippen LogP contribution is -2.28. The lowest BCUT2D eigenvalue weighted by Gasteiger charge is -2.26. The van der Waals surface area contributed by atoms with Crippen LogP contribution in [0.1, 0.15) is 37.3 Å². The van der Waals surface area contributed by atoms with Crippen molar-refractivity contribution in [3.8, 4) is 12.1 Å². The Morgan fingerprint density at radius 3 is 2.70 bits per heavy atom. The molecule has 0 bridgehead atoms. The minimum Gasteiger partial charge on any atom is -0.295 e. The molecule has 0 radical (unpaired) electrons. The second-order valence-electron chi connectivity index (χ2n) is 5.23. The zero-order valence-electron chi connectivity index (χ0n) is 11.4. The summed E-state index contributed by atoms with van der Waals surface area (Å²) in [6.07, 6.45) is 3.40. The SMILES string of the molecule is N#CCC[C@H](C#N)CN1CCC[C@H]1c1ccc(Cl)cc1. The maximum absolute atomic E-state index is 9.20. The van der Waals surface area contributed by atoms with Crippen LogP contribution in [0.15, 0.2) is 24.3 Å². The van der Waals surface area contributed by atoms with E-state index < -0.39 is 0 Å². The van der Waals surface area contributed by atoms with E-state index >= 15 is 0 Å². The van der Waals surface area contributed by atoms with E-state index in [9.17, 15) is 5.26 Å². The van der Waals surface area contributed by atoms with Crippen molar-refractivity contribution in [3.05, 3.63) is 34.9 Å². The summed E-state index contributed by atoms with van der Waals surface area (Å²) in [5.41, 5.74) is 1.27. The Balaban J connectivity index is 2.02. The van der Waals surface area contributed by atoms with Crippen molar-refractivity contribution in [3.63, 3.8) is 0 Å². The van der Waals surface area contributed by atoms with E-state index in [-0.39, 0.29) is 5.92 Å². The van der Waals surface area contributed by atoms with Crippen LogP contribution in [0.5, 0.6) is 0 Å². The third-order valence-corrected chi connectivity index (χ3v) is 4.11. The van der Waals surface area contributed by atoms with Gasteiger partial charge in [-0.25, -0.2) is 0 Å². The van der Waals surface area contributed by atoms with Crippen LogP contribution in [0.2, 0.25) is 5.02 Å². The third-order valence-electron chi connectivity index (χ3n) is 3.86. The van der Waals surface area contributed by atoms with Crippen molar-refractivity contribution in [1.29, 1.82) is 10.5 Å². The van der Waals surface area contributed by atoms with Gasteiger partial charge in [0.2, 0.25) is 0 Å². The molecule has 4 heteroatoms. The molecule has 104 valence electrons. The van der Waals surface area contributed by atoms with E-state index in [1.165, 1.54) is 5.56 Å². The van der Waals surface area contributed by atoms with E-state index in [2.05, 4.69) is 29.2 Å². The Kier molecular flexibility index (Phi) is 5.41. The van der Waals surface area contributed by atoms with Gasteiger partial charge in [0.25, 0.3) is 0 Å². The highest BCUT2D eigenvalue weighted by Crippen LogP contribution is 2.33. The molecule has 2 rings (SSSR count). The first-order valence-electron chi connectivity index (χ1n) is 7.00. The average Bonchev–Trinajstić information content (AvgIpc) is 2.92. The molecule has 0 unspecified atom stereocenters. The Morgan fingerprint density at radius 2 is 2.05 bits per heavy atom. The first-order valence-corrected chi connectivity index (χ1v) is 7.38. The van der Waals surface area contributed by atoms with Crippen molar-refractivity contribution in [2.75, 3.05) is 13.1 Å². The summed E-state index contributed by atoms with van der Waals surface area (Å²) in [7, 11) is 0. The minimum absolute atomic E-state index is 0.0532. The van der Waals surface area contributed by atoms with Gasteiger partial charge in [0.05, 0.1) is 18.1 Å². The van der Waals surface area contributed by atoms with Gasteiger partial charge >= 0.3 is 0 Å². The van der Waals surface area contributed by atoms with Crippen LogP contribution in [0, 0.1) is 28.6 Å². The topological polar surface area (TPSA) is 50.8 Å². The maximum atomic E-state index is 9.20. The van der Waals surface area contributed by atoms with Crippen LogP contribution in [0.4, 0.5) is 0 Å². The Hall–Kier alpha value is -1.55. The molecular weight excluding hydrogens is 270 g/mol. The predicted octanol–water partition coefficient (Wildman–Crippen LogP) is 3.92. The Morgan fingerprint density at radius 1 is 1.30 bits per heavy atom. The molecule has 0 saturated carbocycles. The smallest absolute Gasteiger partial charge is 0.0669 e. The molecule has 1 aliphatic heterocycles. The van der Waals surface area contributed by atoms with Crippen molar-refractivity contribution < 1.29 is 0 Å². The monoisotopic (exact) mass is 287 g/mol. The number of halogens is 1. The van der Waals surface area contributed by atoms with E-state index in [0.717, 1.165) is 31.0 Å². The van der Waals surface area contributed by atoms with Gasteiger partial charge in [-0.3, -0.25) is 4.90 Å². The average molecular weight is 288 g/mol. The summed E-state index contributed by atoms with van der Waals surface area (Å²) < 4.78 is 0. The second-order valence-corrected chi connectivity index (χ2v) is 5.66. The van der Waals surface area contributed by atoms with Gasteiger partial charge in [-0.15, -0.1) is 0 Å². The molecule has 1 heterocycles. The number of rotatable bonds is 5. The molecule has 0 amide bonds. The molecule has 0 aliphatic carbocycles. The number of likely N-dealkylation sites (tertiary alicyclic amines) is 1. The highest BCUT2D eigenvalue weighted by atomic mass is 35.5. The van der Waals surface area contributed by atoms with Crippen LogP contribution < -0.4 is 0 Å². The number of nitrogens with zero attached hydrogens (tertiary/aromatic N) is 3. The number of benzene rings is 1. The first kappa shape index (κ1) is 14.9. The van der Waals surface area contributed by atoms with E-state index in [1.807, 2.05) is 12.1 Å². The van der Waals surface area contributed by atoms with Crippen LogP contribution in [0.3, 0.4) is 0 Å².